The zero-order chi connectivity index (χ0) is 11.2. The minimum absolute atomic E-state index is 0.0246. The monoisotopic (exact) mass is 225 g/mol. The summed E-state index contributed by atoms with van der Waals surface area (Å²) in [6.45, 7) is 3.38. The second-order valence-corrected chi connectivity index (χ2v) is 5.50. The van der Waals surface area contributed by atoms with Crippen LogP contribution in [0.1, 0.15) is 20.3 Å². The average Bonchev–Trinajstić information content (AvgIpc) is 2.01. The Morgan fingerprint density at radius 1 is 1.50 bits per heavy atom. The number of aliphatic hydroxyl groups is 1. The molecule has 0 bridgehead atoms. The first-order chi connectivity index (χ1) is 6.33. The quantitative estimate of drug-likeness (QED) is 0.624. The fraction of sp³-hybridized carbons (Fsp3) is 1.00. The first-order valence-electron chi connectivity index (χ1n) is 4.51. The van der Waals surface area contributed by atoms with E-state index in [0.29, 0.717) is 6.42 Å². The van der Waals surface area contributed by atoms with Gasteiger partial charge in [-0.05, 0) is 13.3 Å². The van der Waals surface area contributed by atoms with Gasteiger partial charge in [-0.3, -0.25) is 0 Å². The topological polar surface area (TPSA) is 75.6 Å². The van der Waals surface area contributed by atoms with E-state index in [-0.39, 0.29) is 18.9 Å². The third-order valence-electron chi connectivity index (χ3n) is 1.60. The predicted octanol–water partition coefficient (Wildman–Crippen LogP) is -0.287. The molecule has 0 aliphatic heterocycles. The number of sulfonamides is 1. The Balaban J connectivity index is 4.04. The third-order valence-corrected chi connectivity index (χ3v) is 3.13. The smallest absolute Gasteiger partial charge is 0.211 e. The van der Waals surface area contributed by atoms with E-state index in [9.17, 15) is 13.5 Å². The molecule has 0 saturated carbocycles. The van der Waals surface area contributed by atoms with Gasteiger partial charge in [-0.2, -0.15) is 0 Å². The summed E-state index contributed by atoms with van der Waals surface area (Å²) < 4.78 is 29.5. The Kier molecular flexibility index (Phi) is 5.58. The van der Waals surface area contributed by atoms with Gasteiger partial charge in [0.25, 0.3) is 0 Å². The van der Waals surface area contributed by atoms with Crippen LogP contribution in [0, 0.1) is 0 Å². The molecular weight excluding hydrogens is 206 g/mol. The van der Waals surface area contributed by atoms with Crippen molar-refractivity contribution in [3.8, 4) is 0 Å². The van der Waals surface area contributed by atoms with Crippen LogP contribution >= 0.6 is 0 Å². The molecule has 0 amide bonds. The highest BCUT2D eigenvalue weighted by atomic mass is 32.2. The van der Waals surface area contributed by atoms with Gasteiger partial charge in [-0.15, -0.1) is 0 Å². The Morgan fingerprint density at radius 2 is 2.07 bits per heavy atom. The van der Waals surface area contributed by atoms with Crippen LogP contribution in [0.2, 0.25) is 0 Å². The van der Waals surface area contributed by atoms with Crippen LogP contribution in [0.5, 0.6) is 0 Å². The van der Waals surface area contributed by atoms with Crippen molar-refractivity contribution >= 4 is 10.0 Å². The third kappa shape index (κ3) is 6.31. The molecule has 0 aliphatic rings. The summed E-state index contributed by atoms with van der Waals surface area (Å²) in [6, 6.07) is 0. The number of hydrogen-bond donors (Lipinski definition) is 2. The highest BCUT2D eigenvalue weighted by Crippen LogP contribution is 2.02. The lowest BCUT2D eigenvalue weighted by Crippen LogP contribution is -2.44. The number of hydrogen-bond acceptors (Lipinski definition) is 4. The average molecular weight is 225 g/mol. The minimum atomic E-state index is -3.25. The molecule has 0 aromatic heterocycles. The molecule has 86 valence electrons. The SMILES string of the molecule is CCCS(=O)(=O)NCC(C)(O)COC. The summed E-state index contributed by atoms with van der Waals surface area (Å²) >= 11 is 0. The molecule has 0 rings (SSSR count). The molecule has 0 aromatic rings. The lowest BCUT2D eigenvalue weighted by Gasteiger charge is -2.22. The fourth-order valence-corrected chi connectivity index (χ4v) is 2.18. The molecule has 0 aromatic carbocycles. The van der Waals surface area contributed by atoms with E-state index >= 15 is 0 Å². The van der Waals surface area contributed by atoms with Crippen molar-refractivity contribution in [2.45, 2.75) is 25.9 Å². The van der Waals surface area contributed by atoms with Gasteiger partial charge in [0.15, 0.2) is 0 Å². The predicted molar refractivity (Wildman–Crippen MR) is 54.6 cm³/mol. The van der Waals surface area contributed by atoms with Gasteiger partial charge in [0.05, 0.1) is 18.0 Å². The summed E-state index contributed by atoms with van der Waals surface area (Å²) in [5, 5.41) is 9.59. The molecule has 6 heteroatoms. The minimum Gasteiger partial charge on any atom is -0.386 e. The van der Waals surface area contributed by atoms with E-state index in [1.54, 1.807) is 6.92 Å². The lowest BCUT2D eigenvalue weighted by molar-refractivity contribution is -0.0119. The van der Waals surface area contributed by atoms with Crippen LogP contribution in [0.15, 0.2) is 0 Å². The second kappa shape index (κ2) is 5.65. The fourth-order valence-electron chi connectivity index (χ4n) is 0.968. The second-order valence-electron chi connectivity index (χ2n) is 3.57. The largest absolute Gasteiger partial charge is 0.386 e. The molecule has 0 heterocycles. The summed E-state index contributed by atoms with van der Waals surface area (Å²) in [5.41, 5.74) is -1.16. The van der Waals surface area contributed by atoms with Crippen molar-refractivity contribution in [3.63, 3.8) is 0 Å². The molecule has 2 N–H and O–H groups in total. The zero-order valence-corrected chi connectivity index (χ0v) is 9.73. The van der Waals surface area contributed by atoms with Gasteiger partial charge in [0, 0.05) is 13.7 Å². The van der Waals surface area contributed by atoms with E-state index in [1.165, 1.54) is 14.0 Å². The number of nitrogens with one attached hydrogen (secondary N) is 1. The first kappa shape index (κ1) is 13.8. The molecular formula is C8H19NO4S. The summed E-state index contributed by atoms with van der Waals surface area (Å²) in [5.74, 6) is 0.0794. The highest BCUT2D eigenvalue weighted by Gasteiger charge is 2.22. The standard InChI is InChI=1S/C8H19NO4S/c1-4-5-14(11,12)9-6-8(2,10)7-13-3/h9-10H,4-7H2,1-3H3. The van der Waals surface area contributed by atoms with Crippen LogP contribution < -0.4 is 4.72 Å². The van der Waals surface area contributed by atoms with Crippen molar-refractivity contribution in [2.24, 2.45) is 0 Å². The van der Waals surface area contributed by atoms with Crippen LogP contribution in [0.4, 0.5) is 0 Å². The van der Waals surface area contributed by atoms with Crippen LogP contribution in [0.3, 0.4) is 0 Å². The molecule has 0 saturated heterocycles. The first-order valence-corrected chi connectivity index (χ1v) is 6.17. The summed E-state index contributed by atoms with van der Waals surface area (Å²) in [6.07, 6.45) is 0.557. The molecule has 1 unspecified atom stereocenters. The Hall–Kier alpha value is -0.170. The maximum Gasteiger partial charge on any atom is 0.211 e. The number of methoxy groups -OCH3 is 1. The van der Waals surface area contributed by atoms with E-state index in [1.807, 2.05) is 0 Å². The molecule has 0 spiro atoms. The lowest BCUT2D eigenvalue weighted by atomic mass is 10.1. The molecule has 14 heavy (non-hydrogen) atoms. The molecule has 0 radical (unpaired) electrons. The van der Waals surface area contributed by atoms with Gasteiger partial charge in [-0.25, -0.2) is 13.1 Å². The van der Waals surface area contributed by atoms with E-state index in [0.717, 1.165) is 0 Å². The van der Waals surface area contributed by atoms with Crippen molar-refractivity contribution in [1.82, 2.24) is 4.72 Å². The zero-order valence-electron chi connectivity index (χ0n) is 8.91. The summed E-state index contributed by atoms with van der Waals surface area (Å²) in [4.78, 5) is 0. The van der Waals surface area contributed by atoms with Crippen LogP contribution in [0.25, 0.3) is 0 Å². The van der Waals surface area contributed by atoms with Crippen LogP contribution in [-0.2, 0) is 14.8 Å². The number of ether oxygens (including phenoxy) is 1. The molecule has 0 aliphatic carbocycles. The van der Waals surface area contributed by atoms with Gasteiger partial charge in [0.2, 0.25) is 10.0 Å². The van der Waals surface area contributed by atoms with E-state index in [4.69, 9.17) is 4.74 Å². The molecule has 0 fully saturated rings. The maximum absolute atomic E-state index is 11.2. The van der Waals surface area contributed by atoms with Crippen molar-refractivity contribution < 1.29 is 18.3 Å². The van der Waals surface area contributed by atoms with Gasteiger partial charge in [0.1, 0.15) is 0 Å². The van der Waals surface area contributed by atoms with Crippen molar-refractivity contribution in [3.05, 3.63) is 0 Å². The Morgan fingerprint density at radius 3 is 2.50 bits per heavy atom. The Bertz CT molecular complexity index is 248. The molecule has 1 atom stereocenters. The summed E-state index contributed by atoms with van der Waals surface area (Å²) in [7, 11) is -1.80. The molecule has 5 nitrogen and oxygen atoms in total. The van der Waals surface area contributed by atoms with Crippen molar-refractivity contribution in [2.75, 3.05) is 26.0 Å². The van der Waals surface area contributed by atoms with Crippen LogP contribution in [-0.4, -0.2) is 45.1 Å². The van der Waals surface area contributed by atoms with Crippen molar-refractivity contribution in [1.29, 1.82) is 0 Å². The maximum atomic E-state index is 11.2. The highest BCUT2D eigenvalue weighted by molar-refractivity contribution is 7.89. The van der Waals surface area contributed by atoms with Gasteiger partial charge in [-0.1, -0.05) is 6.92 Å². The number of rotatable bonds is 7. The van der Waals surface area contributed by atoms with Gasteiger partial charge >= 0.3 is 0 Å². The van der Waals surface area contributed by atoms with Gasteiger partial charge < -0.3 is 9.84 Å². The van der Waals surface area contributed by atoms with E-state index in [2.05, 4.69) is 4.72 Å². The Labute approximate surface area is 85.5 Å². The van der Waals surface area contributed by atoms with E-state index < -0.39 is 15.6 Å². The normalized spacial score (nSPS) is 16.6.